The Hall–Kier alpha value is -1.88. The highest BCUT2D eigenvalue weighted by Crippen LogP contribution is 2.13. The van der Waals surface area contributed by atoms with Gasteiger partial charge < -0.3 is 10.1 Å². The van der Waals surface area contributed by atoms with Crippen LogP contribution in [0, 0.1) is 0 Å². The lowest BCUT2D eigenvalue weighted by Gasteiger charge is -2.11. The van der Waals surface area contributed by atoms with Gasteiger partial charge in [0.05, 0.1) is 17.0 Å². The van der Waals surface area contributed by atoms with Crippen molar-refractivity contribution in [3.8, 4) is 0 Å². The molecule has 0 bridgehead atoms. The van der Waals surface area contributed by atoms with E-state index in [1.165, 1.54) is 0 Å². The molecule has 0 amide bonds. The number of fused-ring (bicyclic) bond motifs is 1. The van der Waals surface area contributed by atoms with Crippen LogP contribution >= 0.6 is 0 Å². The molecule has 18 heavy (non-hydrogen) atoms. The zero-order valence-corrected chi connectivity index (χ0v) is 9.98. The zero-order valence-electron chi connectivity index (χ0n) is 9.98. The van der Waals surface area contributed by atoms with Crippen molar-refractivity contribution in [1.82, 2.24) is 9.97 Å². The van der Waals surface area contributed by atoms with Gasteiger partial charge in [0, 0.05) is 13.2 Å². The van der Waals surface area contributed by atoms with Crippen LogP contribution in [0.1, 0.15) is 12.8 Å². The Labute approximate surface area is 104 Å². The molecule has 1 aliphatic heterocycles. The molecule has 5 nitrogen and oxygen atoms in total. The number of nitrogens with one attached hydrogen (secondary N) is 2. The molecule has 0 aliphatic carbocycles. The van der Waals surface area contributed by atoms with Crippen molar-refractivity contribution < 1.29 is 4.74 Å². The maximum Gasteiger partial charge on any atom is 0.260 e. The lowest BCUT2D eigenvalue weighted by molar-refractivity contribution is 0.120. The number of hydrogen-bond acceptors (Lipinski definition) is 4. The van der Waals surface area contributed by atoms with E-state index < -0.39 is 0 Å². The van der Waals surface area contributed by atoms with Gasteiger partial charge in [0.1, 0.15) is 0 Å². The third-order valence-corrected chi connectivity index (χ3v) is 3.13. The third kappa shape index (κ3) is 2.22. The lowest BCUT2D eigenvalue weighted by atomic mass is 10.2. The smallest absolute Gasteiger partial charge is 0.260 e. The molecule has 2 aromatic rings. The highest BCUT2D eigenvalue weighted by molar-refractivity contribution is 5.78. The molecule has 2 heterocycles. The van der Waals surface area contributed by atoms with Gasteiger partial charge in [-0.15, -0.1) is 0 Å². The molecule has 1 aromatic heterocycles. The van der Waals surface area contributed by atoms with Gasteiger partial charge in [-0.2, -0.15) is 0 Å². The van der Waals surface area contributed by atoms with Crippen molar-refractivity contribution in [2.24, 2.45) is 0 Å². The fraction of sp³-hybridized carbons (Fsp3) is 0.385. The third-order valence-electron chi connectivity index (χ3n) is 3.13. The minimum absolute atomic E-state index is 0.115. The molecular formula is C13H15N3O2. The molecule has 2 N–H and O–H groups in total. The molecule has 1 atom stereocenters. The van der Waals surface area contributed by atoms with Gasteiger partial charge in [0.15, 0.2) is 0 Å². The van der Waals surface area contributed by atoms with E-state index in [9.17, 15) is 4.79 Å². The van der Waals surface area contributed by atoms with E-state index in [2.05, 4.69) is 15.3 Å². The van der Waals surface area contributed by atoms with E-state index in [-0.39, 0.29) is 11.7 Å². The molecule has 1 saturated heterocycles. The average molecular weight is 245 g/mol. The summed E-state index contributed by atoms with van der Waals surface area (Å²) >= 11 is 0. The van der Waals surface area contributed by atoms with Crippen LogP contribution in [0.4, 0.5) is 5.95 Å². The predicted molar refractivity (Wildman–Crippen MR) is 69.8 cm³/mol. The van der Waals surface area contributed by atoms with Crippen molar-refractivity contribution in [2.45, 2.75) is 18.9 Å². The van der Waals surface area contributed by atoms with Crippen LogP contribution in [-0.4, -0.2) is 29.2 Å². The van der Waals surface area contributed by atoms with E-state index in [0.29, 0.717) is 23.4 Å². The Balaban J connectivity index is 1.81. The molecule has 1 aliphatic rings. The fourth-order valence-electron chi connectivity index (χ4n) is 2.19. The fourth-order valence-corrected chi connectivity index (χ4v) is 2.19. The number of rotatable bonds is 3. The van der Waals surface area contributed by atoms with Crippen LogP contribution in [0.15, 0.2) is 29.1 Å². The molecule has 0 spiro atoms. The van der Waals surface area contributed by atoms with Crippen LogP contribution < -0.4 is 10.9 Å². The minimum atomic E-state index is -0.115. The van der Waals surface area contributed by atoms with Gasteiger partial charge in [-0.3, -0.25) is 9.78 Å². The van der Waals surface area contributed by atoms with Crippen LogP contribution in [-0.2, 0) is 4.74 Å². The summed E-state index contributed by atoms with van der Waals surface area (Å²) in [5.41, 5.74) is 0.589. The molecule has 0 radical (unpaired) electrons. The first-order chi connectivity index (χ1) is 8.83. The predicted octanol–water partition coefficient (Wildman–Crippen LogP) is 1.51. The Morgan fingerprint density at radius 1 is 1.44 bits per heavy atom. The van der Waals surface area contributed by atoms with Gasteiger partial charge in [0.2, 0.25) is 5.95 Å². The first-order valence-electron chi connectivity index (χ1n) is 6.17. The van der Waals surface area contributed by atoms with Gasteiger partial charge in [-0.1, -0.05) is 12.1 Å². The lowest BCUT2D eigenvalue weighted by Crippen LogP contribution is -2.21. The summed E-state index contributed by atoms with van der Waals surface area (Å²) in [5.74, 6) is 0.509. The van der Waals surface area contributed by atoms with Crippen LogP contribution in [0.3, 0.4) is 0 Å². The number of nitrogens with zero attached hydrogens (tertiary/aromatic N) is 1. The molecule has 5 heteroatoms. The van der Waals surface area contributed by atoms with Crippen molar-refractivity contribution in [1.29, 1.82) is 0 Å². The summed E-state index contributed by atoms with van der Waals surface area (Å²) in [7, 11) is 0. The average Bonchev–Trinajstić information content (AvgIpc) is 2.90. The van der Waals surface area contributed by atoms with Crippen LogP contribution in [0.5, 0.6) is 0 Å². The molecule has 0 saturated carbocycles. The topological polar surface area (TPSA) is 67.0 Å². The first kappa shape index (κ1) is 11.2. The Morgan fingerprint density at radius 2 is 2.33 bits per heavy atom. The van der Waals surface area contributed by atoms with Crippen LogP contribution in [0.2, 0.25) is 0 Å². The molecule has 1 unspecified atom stereocenters. The number of ether oxygens (including phenoxy) is 1. The summed E-state index contributed by atoms with van der Waals surface area (Å²) in [6, 6.07) is 7.31. The number of H-pyrrole nitrogens is 1. The van der Waals surface area contributed by atoms with Gasteiger partial charge in [0.25, 0.3) is 5.56 Å². The maximum atomic E-state index is 11.8. The minimum Gasteiger partial charge on any atom is -0.376 e. The summed E-state index contributed by atoms with van der Waals surface area (Å²) in [6.45, 7) is 1.51. The van der Waals surface area contributed by atoms with Crippen molar-refractivity contribution >= 4 is 16.9 Å². The number of aromatic amines is 1. The second kappa shape index (κ2) is 4.78. The van der Waals surface area contributed by atoms with E-state index >= 15 is 0 Å². The van der Waals surface area contributed by atoms with Gasteiger partial charge in [-0.25, -0.2) is 4.98 Å². The Morgan fingerprint density at radius 3 is 3.17 bits per heavy atom. The summed E-state index contributed by atoms with van der Waals surface area (Å²) in [4.78, 5) is 18.9. The van der Waals surface area contributed by atoms with E-state index in [1.54, 1.807) is 6.07 Å². The SMILES string of the molecule is O=c1[nH]c(NCC2CCCO2)nc2ccccc12. The summed E-state index contributed by atoms with van der Waals surface area (Å²) in [5, 5.41) is 3.74. The quantitative estimate of drug-likeness (QED) is 0.860. The molecule has 1 aromatic carbocycles. The van der Waals surface area contributed by atoms with Crippen molar-refractivity contribution in [3.63, 3.8) is 0 Å². The second-order valence-electron chi connectivity index (χ2n) is 4.45. The number of benzene rings is 1. The normalized spacial score (nSPS) is 19.2. The number of para-hydroxylation sites is 1. The number of anilines is 1. The van der Waals surface area contributed by atoms with Crippen LogP contribution in [0.25, 0.3) is 10.9 Å². The molecule has 3 rings (SSSR count). The standard InChI is InChI=1S/C13H15N3O2/c17-12-10-5-1-2-6-11(10)15-13(16-12)14-8-9-4-3-7-18-9/h1-2,5-6,9H,3-4,7-8H2,(H2,14,15,16,17). The van der Waals surface area contributed by atoms with E-state index in [0.717, 1.165) is 19.4 Å². The maximum absolute atomic E-state index is 11.8. The zero-order chi connectivity index (χ0) is 12.4. The molecule has 94 valence electrons. The van der Waals surface area contributed by atoms with Gasteiger partial charge >= 0.3 is 0 Å². The first-order valence-corrected chi connectivity index (χ1v) is 6.17. The highest BCUT2D eigenvalue weighted by Gasteiger charge is 2.15. The second-order valence-corrected chi connectivity index (χ2v) is 4.45. The highest BCUT2D eigenvalue weighted by atomic mass is 16.5. The number of aromatic nitrogens is 2. The largest absolute Gasteiger partial charge is 0.376 e. The van der Waals surface area contributed by atoms with E-state index in [4.69, 9.17) is 4.74 Å². The Bertz CT molecular complexity index is 602. The summed E-state index contributed by atoms with van der Waals surface area (Å²) < 4.78 is 5.51. The Kier molecular flexibility index (Phi) is 2.98. The van der Waals surface area contributed by atoms with Gasteiger partial charge in [-0.05, 0) is 25.0 Å². The van der Waals surface area contributed by atoms with Crippen molar-refractivity contribution in [2.75, 3.05) is 18.5 Å². The molecule has 1 fully saturated rings. The molecular weight excluding hydrogens is 230 g/mol. The van der Waals surface area contributed by atoms with Crippen molar-refractivity contribution in [3.05, 3.63) is 34.6 Å². The monoisotopic (exact) mass is 245 g/mol. The van der Waals surface area contributed by atoms with E-state index in [1.807, 2.05) is 18.2 Å². The summed E-state index contributed by atoms with van der Waals surface area (Å²) in [6.07, 6.45) is 2.39. The number of hydrogen-bond donors (Lipinski definition) is 2.